The maximum Gasteiger partial charge on any atom is 0.191 e. The van der Waals surface area contributed by atoms with Crippen molar-refractivity contribution in [1.29, 1.82) is 0 Å². The lowest BCUT2D eigenvalue weighted by Gasteiger charge is -2.18. The highest BCUT2D eigenvalue weighted by Crippen LogP contribution is 2.16. The Labute approximate surface area is 197 Å². The molecule has 166 valence electrons. The Kier molecular flexibility index (Phi) is 9.70. The number of nitrogens with zero attached hydrogens (tertiary/aromatic N) is 3. The molecule has 1 atom stereocenters. The van der Waals surface area contributed by atoms with E-state index in [0.29, 0.717) is 25.5 Å². The monoisotopic (exact) mass is 541 g/mol. The molecule has 3 rings (SSSR count). The number of halogens is 3. The Hall–Kier alpha value is -2.69. The van der Waals surface area contributed by atoms with Gasteiger partial charge in [0.2, 0.25) is 0 Å². The van der Waals surface area contributed by atoms with Gasteiger partial charge in [-0.25, -0.2) is 13.5 Å². The number of benzene rings is 2. The molecule has 3 aromatic rings. The van der Waals surface area contributed by atoms with Crippen molar-refractivity contribution in [1.82, 2.24) is 20.4 Å². The maximum absolute atomic E-state index is 13.7. The normalized spacial score (nSPS) is 12.1. The minimum atomic E-state index is -0.382. The van der Waals surface area contributed by atoms with Crippen LogP contribution in [0.15, 0.2) is 65.8 Å². The molecule has 0 aliphatic carbocycles. The number of aromatic nitrogens is 2. The smallest absolute Gasteiger partial charge is 0.191 e. The predicted octanol–water partition coefficient (Wildman–Crippen LogP) is 3.94. The van der Waals surface area contributed by atoms with Gasteiger partial charge in [-0.2, -0.15) is 5.10 Å². The van der Waals surface area contributed by atoms with Gasteiger partial charge in [-0.1, -0.05) is 12.1 Å². The van der Waals surface area contributed by atoms with E-state index in [1.165, 1.54) is 18.2 Å². The van der Waals surface area contributed by atoms with E-state index in [4.69, 9.17) is 4.74 Å². The van der Waals surface area contributed by atoms with Crippen molar-refractivity contribution in [3.63, 3.8) is 0 Å². The van der Waals surface area contributed by atoms with Gasteiger partial charge in [0.15, 0.2) is 17.5 Å². The number of rotatable bonds is 8. The largest absolute Gasteiger partial charge is 0.486 e. The minimum Gasteiger partial charge on any atom is -0.486 e. The van der Waals surface area contributed by atoms with Gasteiger partial charge in [0.05, 0.1) is 17.9 Å². The molecule has 0 amide bonds. The molecule has 6 nitrogen and oxygen atoms in total. The quantitative estimate of drug-likeness (QED) is 0.258. The summed E-state index contributed by atoms with van der Waals surface area (Å²) in [6.45, 7) is 2.95. The molecular weight excluding hydrogens is 515 g/mol. The zero-order valence-electron chi connectivity index (χ0n) is 17.4. The van der Waals surface area contributed by atoms with Crippen molar-refractivity contribution in [3.05, 3.63) is 78.1 Å². The Bertz CT molecular complexity index is 978. The van der Waals surface area contributed by atoms with Crippen molar-refractivity contribution in [3.8, 4) is 11.4 Å². The molecule has 1 aromatic heterocycles. The first kappa shape index (κ1) is 24.6. The summed E-state index contributed by atoms with van der Waals surface area (Å²) in [7, 11) is 1.68. The summed E-state index contributed by atoms with van der Waals surface area (Å²) < 4.78 is 34.0. The highest BCUT2D eigenvalue weighted by Gasteiger charge is 2.09. The molecule has 0 bridgehead atoms. The fourth-order valence-electron chi connectivity index (χ4n) is 2.80. The van der Waals surface area contributed by atoms with Crippen molar-refractivity contribution in [2.24, 2.45) is 4.99 Å². The molecule has 0 aliphatic heterocycles. The van der Waals surface area contributed by atoms with Crippen LogP contribution >= 0.6 is 24.0 Å². The summed E-state index contributed by atoms with van der Waals surface area (Å²) in [6.07, 6.45) is 2.29. The maximum atomic E-state index is 13.7. The minimum absolute atomic E-state index is 0. The van der Waals surface area contributed by atoms with E-state index < -0.39 is 0 Å². The molecule has 0 fully saturated rings. The Morgan fingerprint density at radius 1 is 1.10 bits per heavy atom. The van der Waals surface area contributed by atoms with Crippen LogP contribution in [-0.2, 0) is 6.42 Å². The lowest BCUT2D eigenvalue weighted by Crippen LogP contribution is -2.42. The van der Waals surface area contributed by atoms with Gasteiger partial charge in [0, 0.05) is 26.2 Å². The Morgan fingerprint density at radius 2 is 1.84 bits per heavy atom. The highest BCUT2D eigenvalue weighted by atomic mass is 127. The average Bonchev–Trinajstić information content (AvgIpc) is 3.21. The van der Waals surface area contributed by atoms with Crippen LogP contribution in [0.1, 0.15) is 12.6 Å². The fraction of sp³-hybridized carbons (Fsp3) is 0.273. The number of guanidine groups is 1. The van der Waals surface area contributed by atoms with Crippen molar-refractivity contribution < 1.29 is 13.5 Å². The molecular formula is C22H26F2IN5O. The molecule has 1 unspecified atom stereocenters. The van der Waals surface area contributed by atoms with Crippen LogP contribution < -0.4 is 15.4 Å². The molecule has 2 aromatic carbocycles. The van der Waals surface area contributed by atoms with Gasteiger partial charge in [0.1, 0.15) is 11.9 Å². The SMILES string of the molecule is CN=C(NCCc1ccn(-c2ccc(F)cc2)n1)NCC(C)Oc1ccccc1F.I. The van der Waals surface area contributed by atoms with Gasteiger partial charge in [-0.15, -0.1) is 24.0 Å². The second kappa shape index (κ2) is 12.2. The molecule has 9 heteroatoms. The van der Waals surface area contributed by atoms with Crippen LogP contribution in [0, 0.1) is 11.6 Å². The first-order valence-corrected chi connectivity index (χ1v) is 9.71. The van der Waals surface area contributed by atoms with Crippen LogP contribution in [0.3, 0.4) is 0 Å². The van der Waals surface area contributed by atoms with E-state index >= 15 is 0 Å². The van der Waals surface area contributed by atoms with Gasteiger partial charge in [-0.3, -0.25) is 4.99 Å². The van der Waals surface area contributed by atoms with Gasteiger partial charge < -0.3 is 15.4 Å². The first-order valence-electron chi connectivity index (χ1n) is 9.71. The van der Waals surface area contributed by atoms with Crippen LogP contribution in [0.25, 0.3) is 5.69 Å². The van der Waals surface area contributed by atoms with E-state index in [1.807, 2.05) is 19.2 Å². The molecule has 1 heterocycles. The van der Waals surface area contributed by atoms with E-state index in [9.17, 15) is 8.78 Å². The number of ether oxygens (including phenoxy) is 1. The highest BCUT2D eigenvalue weighted by molar-refractivity contribution is 14.0. The van der Waals surface area contributed by atoms with Crippen molar-refractivity contribution in [2.75, 3.05) is 20.1 Å². The topological polar surface area (TPSA) is 63.5 Å². The average molecular weight is 541 g/mol. The van der Waals surface area contributed by atoms with Crippen LogP contribution in [0.4, 0.5) is 8.78 Å². The summed E-state index contributed by atoms with van der Waals surface area (Å²) in [5.41, 5.74) is 1.70. The number of para-hydroxylation sites is 1. The zero-order valence-corrected chi connectivity index (χ0v) is 19.7. The number of nitrogens with one attached hydrogen (secondary N) is 2. The zero-order chi connectivity index (χ0) is 21.3. The molecule has 0 aliphatic rings. The second-order valence-corrected chi connectivity index (χ2v) is 6.72. The lowest BCUT2D eigenvalue weighted by atomic mass is 10.3. The van der Waals surface area contributed by atoms with Crippen LogP contribution in [0.2, 0.25) is 0 Å². The molecule has 31 heavy (non-hydrogen) atoms. The van der Waals surface area contributed by atoms with E-state index in [0.717, 1.165) is 11.4 Å². The summed E-state index contributed by atoms with van der Waals surface area (Å²) in [5.74, 6) is 0.193. The molecule has 0 radical (unpaired) electrons. The van der Waals surface area contributed by atoms with E-state index in [-0.39, 0.29) is 47.5 Å². The Balaban J connectivity index is 0.00000341. The van der Waals surface area contributed by atoms with E-state index in [2.05, 4.69) is 20.7 Å². The predicted molar refractivity (Wildman–Crippen MR) is 128 cm³/mol. The number of aliphatic imine (C=N–C) groups is 1. The molecule has 0 saturated carbocycles. The van der Waals surface area contributed by atoms with Crippen molar-refractivity contribution >= 4 is 29.9 Å². The summed E-state index contributed by atoms with van der Waals surface area (Å²) >= 11 is 0. The Morgan fingerprint density at radius 3 is 2.55 bits per heavy atom. The van der Waals surface area contributed by atoms with Crippen LogP contribution in [0.5, 0.6) is 5.75 Å². The standard InChI is InChI=1S/C22H25F2N5O.HI/c1-16(30-21-6-4-3-5-20(21)24)15-27-22(25-2)26-13-11-18-12-14-29(28-18)19-9-7-17(23)8-10-19;/h3-10,12,14,16H,11,13,15H2,1-2H3,(H2,25,26,27);1H. The summed E-state index contributed by atoms with van der Waals surface area (Å²) in [6, 6.07) is 14.4. The van der Waals surface area contributed by atoms with Gasteiger partial charge >= 0.3 is 0 Å². The fourth-order valence-corrected chi connectivity index (χ4v) is 2.80. The van der Waals surface area contributed by atoms with E-state index in [1.54, 1.807) is 42.1 Å². The number of hydrogen-bond donors (Lipinski definition) is 2. The third kappa shape index (κ3) is 7.50. The molecule has 2 N–H and O–H groups in total. The third-order valence-corrected chi connectivity index (χ3v) is 4.35. The second-order valence-electron chi connectivity index (χ2n) is 6.72. The van der Waals surface area contributed by atoms with Crippen molar-refractivity contribution in [2.45, 2.75) is 19.4 Å². The van der Waals surface area contributed by atoms with Gasteiger partial charge in [0.25, 0.3) is 0 Å². The molecule has 0 spiro atoms. The third-order valence-electron chi connectivity index (χ3n) is 4.35. The molecule has 0 saturated heterocycles. The van der Waals surface area contributed by atoms with Gasteiger partial charge in [-0.05, 0) is 49.4 Å². The van der Waals surface area contributed by atoms with Crippen LogP contribution in [-0.4, -0.2) is 42.0 Å². The number of hydrogen-bond acceptors (Lipinski definition) is 3. The lowest BCUT2D eigenvalue weighted by molar-refractivity contribution is 0.214. The summed E-state index contributed by atoms with van der Waals surface area (Å²) in [5, 5.41) is 10.9. The first-order chi connectivity index (χ1) is 14.5. The summed E-state index contributed by atoms with van der Waals surface area (Å²) in [4.78, 5) is 4.18.